The lowest BCUT2D eigenvalue weighted by Gasteiger charge is -2.27. The Labute approximate surface area is 111 Å². The lowest BCUT2D eigenvalue weighted by molar-refractivity contribution is -0.143. The molecule has 0 aromatic heterocycles. The summed E-state index contributed by atoms with van der Waals surface area (Å²) >= 11 is 1.20. The number of carbonyl (C=O) groups excluding carboxylic acids is 1. The normalized spacial score (nSPS) is 17.7. The van der Waals surface area contributed by atoms with Crippen LogP contribution in [-0.4, -0.2) is 34.5 Å². The van der Waals surface area contributed by atoms with Crippen molar-refractivity contribution >= 4 is 23.6 Å². The molecule has 18 heavy (non-hydrogen) atoms. The quantitative estimate of drug-likeness (QED) is 0.712. The first-order chi connectivity index (χ1) is 8.65. The highest BCUT2D eigenvalue weighted by atomic mass is 32.2. The van der Waals surface area contributed by atoms with E-state index in [1.54, 1.807) is 0 Å². The van der Waals surface area contributed by atoms with Crippen LogP contribution < -0.4 is 5.32 Å². The number of carbonyl (C=O) groups is 2. The van der Waals surface area contributed by atoms with Crippen molar-refractivity contribution in [3.63, 3.8) is 0 Å². The first-order valence-corrected chi connectivity index (χ1v) is 7.27. The van der Waals surface area contributed by atoms with Crippen LogP contribution in [0.3, 0.4) is 0 Å². The second-order valence-corrected chi connectivity index (χ2v) is 5.42. The van der Waals surface area contributed by atoms with Gasteiger partial charge in [0.2, 0.25) is 5.91 Å². The highest BCUT2D eigenvalue weighted by Gasteiger charge is 2.30. The maximum atomic E-state index is 11.6. The third-order valence-electron chi connectivity index (χ3n) is 3.10. The van der Waals surface area contributed by atoms with E-state index < -0.39 is 12.0 Å². The monoisotopic (exact) mass is 270 g/mol. The molecular formula is C12H18N2O3S. The number of nitrogens with zero attached hydrogens (tertiary/aromatic N) is 1. The number of hydrogen-bond acceptors (Lipinski definition) is 4. The number of carboxylic acids is 1. The van der Waals surface area contributed by atoms with Crippen LogP contribution in [0.25, 0.3) is 0 Å². The molecule has 0 heterocycles. The first kappa shape index (κ1) is 14.8. The Morgan fingerprint density at radius 1 is 1.39 bits per heavy atom. The van der Waals surface area contributed by atoms with Crippen molar-refractivity contribution in [1.82, 2.24) is 5.32 Å². The number of carboxylic acid groups (broad SMARTS) is 1. The number of nitriles is 1. The average Bonchev–Trinajstić information content (AvgIpc) is 2.37. The highest BCUT2D eigenvalue weighted by Crippen LogP contribution is 2.26. The van der Waals surface area contributed by atoms with Crippen molar-refractivity contribution < 1.29 is 14.7 Å². The Balaban J connectivity index is 2.44. The fourth-order valence-corrected chi connectivity index (χ4v) is 2.72. The summed E-state index contributed by atoms with van der Waals surface area (Å²) in [5, 5.41) is 20.1. The summed E-state index contributed by atoms with van der Waals surface area (Å²) in [7, 11) is 0. The zero-order valence-corrected chi connectivity index (χ0v) is 11.0. The number of amides is 1. The standard InChI is InChI=1S/C12H18N2O3S/c13-6-7-18-8-10(15)14-11(12(16)17)9-4-2-1-3-5-9/h9,11H,1-5,7-8H2,(H,14,15)(H,16,17). The van der Waals surface area contributed by atoms with Crippen molar-refractivity contribution in [3.8, 4) is 6.07 Å². The third kappa shape index (κ3) is 4.96. The Hall–Kier alpha value is -1.22. The summed E-state index contributed by atoms with van der Waals surface area (Å²) < 4.78 is 0. The van der Waals surface area contributed by atoms with E-state index in [-0.39, 0.29) is 23.3 Å². The van der Waals surface area contributed by atoms with Gasteiger partial charge in [0.1, 0.15) is 6.04 Å². The molecule has 1 fully saturated rings. The summed E-state index contributed by atoms with van der Waals surface area (Å²) in [5.74, 6) is -0.825. The molecule has 0 aromatic carbocycles. The van der Waals surface area contributed by atoms with E-state index in [1.165, 1.54) is 11.8 Å². The summed E-state index contributed by atoms with van der Waals surface area (Å²) in [6, 6.07) is 1.15. The van der Waals surface area contributed by atoms with Gasteiger partial charge in [-0.3, -0.25) is 4.79 Å². The maximum absolute atomic E-state index is 11.6. The zero-order chi connectivity index (χ0) is 13.4. The third-order valence-corrected chi connectivity index (χ3v) is 3.90. The van der Waals surface area contributed by atoms with Gasteiger partial charge in [-0.25, -0.2) is 4.79 Å². The van der Waals surface area contributed by atoms with E-state index in [0.717, 1.165) is 32.1 Å². The van der Waals surface area contributed by atoms with Gasteiger partial charge in [-0.2, -0.15) is 5.26 Å². The van der Waals surface area contributed by atoms with Crippen LogP contribution in [0.2, 0.25) is 0 Å². The number of hydrogen-bond donors (Lipinski definition) is 2. The predicted molar refractivity (Wildman–Crippen MR) is 69.1 cm³/mol. The van der Waals surface area contributed by atoms with Gasteiger partial charge < -0.3 is 10.4 Å². The topological polar surface area (TPSA) is 90.2 Å². The fourth-order valence-electron chi connectivity index (χ4n) is 2.25. The van der Waals surface area contributed by atoms with Crippen molar-refractivity contribution in [2.75, 3.05) is 11.5 Å². The Morgan fingerprint density at radius 2 is 2.06 bits per heavy atom. The molecule has 5 nitrogen and oxygen atoms in total. The molecule has 1 aliphatic rings. The molecule has 1 unspecified atom stereocenters. The largest absolute Gasteiger partial charge is 0.480 e. The molecule has 1 amide bonds. The number of aliphatic carboxylic acids is 1. The molecule has 0 aliphatic heterocycles. The minimum atomic E-state index is -0.958. The molecule has 0 bridgehead atoms. The van der Waals surface area contributed by atoms with Crippen molar-refractivity contribution in [2.45, 2.75) is 38.1 Å². The van der Waals surface area contributed by atoms with Crippen molar-refractivity contribution in [1.29, 1.82) is 5.26 Å². The summed E-state index contributed by atoms with van der Waals surface area (Å²) in [5.41, 5.74) is 0. The van der Waals surface area contributed by atoms with E-state index >= 15 is 0 Å². The van der Waals surface area contributed by atoms with Crippen LogP contribution in [0.15, 0.2) is 0 Å². The first-order valence-electron chi connectivity index (χ1n) is 6.12. The summed E-state index contributed by atoms with van der Waals surface area (Å²) in [4.78, 5) is 22.8. The van der Waals surface area contributed by atoms with Gasteiger partial charge in [0.15, 0.2) is 0 Å². The second-order valence-electron chi connectivity index (χ2n) is 4.43. The molecule has 100 valence electrons. The van der Waals surface area contributed by atoms with Gasteiger partial charge >= 0.3 is 5.97 Å². The van der Waals surface area contributed by atoms with Gasteiger partial charge in [0.05, 0.1) is 17.6 Å². The summed E-state index contributed by atoms with van der Waals surface area (Å²) in [6.07, 6.45) is 4.95. The minimum absolute atomic E-state index is 0.0427. The summed E-state index contributed by atoms with van der Waals surface area (Å²) in [6.45, 7) is 0. The SMILES string of the molecule is N#CCSCC(=O)NC(C(=O)O)C1CCCCC1. The highest BCUT2D eigenvalue weighted by molar-refractivity contribution is 8.00. The van der Waals surface area contributed by atoms with Crippen molar-refractivity contribution in [3.05, 3.63) is 0 Å². The van der Waals surface area contributed by atoms with Crippen LogP contribution in [0.1, 0.15) is 32.1 Å². The lowest BCUT2D eigenvalue weighted by Crippen LogP contribution is -2.47. The van der Waals surface area contributed by atoms with Crippen LogP contribution in [0.4, 0.5) is 0 Å². The van der Waals surface area contributed by atoms with Gasteiger partial charge in [-0.1, -0.05) is 19.3 Å². The Kier molecular flexibility index (Phi) is 6.58. The molecule has 0 radical (unpaired) electrons. The average molecular weight is 270 g/mol. The van der Waals surface area contributed by atoms with E-state index in [4.69, 9.17) is 5.26 Å². The molecule has 6 heteroatoms. The molecule has 0 aromatic rings. The molecule has 0 saturated heterocycles. The molecule has 2 N–H and O–H groups in total. The smallest absolute Gasteiger partial charge is 0.326 e. The molecule has 1 saturated carbocycles. The van der Waals surface area contributed by atoms with Crippen molar-refractivity contribution in [2.24, 2.45) is 5.92 Å². The minimum Gasteiger partial charge on any atom is -0.480 e. The zero-order valence-electron chi connectivity index (χ0n) is 10.2. The number of nitrogens with one attached hydrogen (secondary N) is 1. The Bertz CT molecular complexity index is 335. The van der Waals surface area contributed by atoms with Gasteiger partial charge in [0.25, 0.3) is 0 Å². The molecule has 1 aliphatic carbocycles. The van der Waals surface area contributed by atoms with Gasteiger partial charge in [0, 0.05) is 0 Å². The molecule has 1 atom stereocenters. The van der Waals surface area contributed by atoms with Gasteiger partial charge in [-0.15, -0.1) is 11.8 Å². The predicted octanol–water partition coefficient (Wildman–Crippen LogP) is 1.39. The van der Waals surface area contributed by atoms with Crippen LogP contribution >= 0.6 is 11.8 Å². The van der Waals surface area contributed by atoms with Crippen LogP contribution in [0, 0.1) is 17.2 Å². The lowest BCUT2D eigenvalue weighted by atomic mass is 9.84. The van der Waals surface area contributed by atoms with E-state index in [2.05, 4.69) is 5.32 Å². The number of thioether (sulfide) groups is 1. The molecule has 1 rings (SSSR count). The van der Waals surface area contributed by atoms with Crippen LogP contribution in [0.5, 0.6) is 0 Å². The fraction of sp³-hybridized carbons (Fsp3) is 0.750. The molecule has 0 spiro atoms. The Morgan fingerprint density at radius 3 is 2.61 bits per heavy atom. The van der Waals surface area contributed by atoms with Crippen LogP contribution in [-0.2, 0) is 9.59 Å². The van der Waals surface area contributed by atoms with E-state index in [0.29, 0.717) is 0 Å². The molecular weight excluding hydrogens is 252 g/mol. The van der Waals surface area contributed by atoms with E-state index in [1.807, 2.05) is 6.07 Å². The van der Waals surface area contributed by atoms with E-state index in [9.17, 15) is 14.7 Å². The maximum Gasteiger partial charge on any atom is 0.326 e. The number of rotatable bonds is 6. The van der Waals surface area contributed by atoms with Gasteiger partial charge in [-0.05, 0) is 18.8 Å². The second kappa shape index (κ2) is 7.98.